The summed E-state index contributed by atoms with van der Waals surface area (Å²) in [5, 5.41) is 3.61. The zero-order valence-electron chi connectivity index (χ0n) is 10.5. The number of hydrogen-bond donors (Lipinski definition) is 1. The standard InChI is InChI=1S/C14H20BrNO/c1-10-3-5-12(6-4-10)16-13-7-11(15)8-14(9-13)17-2/h7-10,12,16H,3-6H2,1-2H3. The smallest absolute Gasteiger partial charge is 0.122 e. The number of methoxy groups -OCH3 is 1. The minimum Gasteiger partial charge on any atom is -0.497 e. The van der Waals surface area contributed by atoms with Crippen LogP contribution in [0.5, 0.6) is 5.75 Å². The van der Waals surface area contributed by atoms with Crippen molar-refractivity contribution in [2.75, 3.05) is 12.4 Å². The lowest BCUT2D eigenvalue weighted by molar-refractivity contribution is 0.361. The van der Waals surface area contributed by atoms with Crippen molar-refractivity contribution in [2.24, 2.45) is 5.92 Å². The molecule has 0 unspecified atom stereocenters. The average molecular weight is 298 g/mol. The van der Waals surface area contributed by atoms with E-state index in [-0.39, 0.29) is 0 Å². The van der Waals surface area contributed by atoms with Crippen LogP contribution in [0.4, 0.5) is 5.69 Å². The lowest BCUT2D eigenvalue weighted by atomic mass is 9.87. The van der Waals surface area contributed by atoms with Crippen LogP contribution in [0.15, 0.2) is 22.7 Å². The number of ether oxygens (including phenoxy) is 1. The second kappa shape index (κ2) is 5.76. The summed E-state index contributed by atoms with van der Waals surface area (Å²) < 4.78 is 6.33. The monoisotopic (exact) mass is 297 g/mol. The van der Waals surface area contributed by atoms with Crippen LogP contribution >= 0.6 is 15.9 Å². The van der Waals surface area contributed by atoms with Gasteiger partial charge in [0.2, 0.25) is 0 Å². The molecule has 94 valence electrons. The molecule has 0 heterocycles. The van der Waals surface area contributed by atoms with E-state index in [1.165, 1.54) is 25.7 Å². The summed E-state index contributed by atoms with van der Waals surface area (Å²) in [5.74, 6) is 1.79. The van der Waals surface area contributed by atoms with Crippen molar-refractivity contribution in [2.45, 2.75) is 38.6 Å². The van der Waals surface area contributed by atoms with E-state index in [9.17, 15) is 0 Å². The van der Waals surface area contributed by atoms with Gasteiger partial charge in [-0.2, -0.15) is 0 Å². The fraction of sp³-hybridized carbons (Fsp3) is 0.571. The molecule has 0 aromatic heterocycles. The van der Waals surface area contributed by atoms with Crippen LogP contribution in [0, 0.1) is 5.92 Å². The number of benzene rings is 1. The van der Waals surface area contributed by atoms with Gasteiger partial charge in [0.25, 0.3) is 0 Å². The number of rotatable bonds is 3. The molecule has 1 N–H and O–H groups in total. The molecule has 0 amide bonds. The second-order valence-electron chi connectivity index (χ2n) is 4.98. The summed E-state index contributed by atoms with van der Waals surface area (Å²) in [6.07, 6.45) is 5.22. The van der Waals surface area contributed by atoms with Crippen LogP contribution in [0.2, 0.25) is 0 Å². The van der Waals surface area contributed by atoms with E-state index in [0.717, 1.165) is 21.8 Å². The molecule has 0 aliphatic heterocycles. The van der Waals surface area contributed by atoms with E-state index in [4.69, 9.17) is 4.74 Å². The zero-order valence-corrected chi connectivity index (χ0v) is 12.1. The highest BCUT2D eigenvalue weighted by Gasteiger charge is 2.18. The second-order valence-corrected chi connectivity index (χ2v) is 5.90. The molecule has 1 aromatic carbocycles. The van der Waals surface area contributed by atoms with E-state index >= 15 is 0 Å². The van der Waals surface area contributed by atoms with Crippen LogP contribution in [-0.2, 0) is 0 Å². The largest absolute Gasteiger partial charge is 0.497 e. The van der Waals surface area contributed by atoms with Crippen molar-refractivity contribution in [3.8, 4) is 5.75 Å². The molecule has 1 aromatic rings. The zero-order chi connectivity index (χ0) is 12.3. The van der Waals surface area contributed by atoms with Crippen LogP contribution in [-0.4, -0.2) is 13.2 Å². The molecular weight excluding hydrogens is 278 g/mol. The third-order valence-corrected chi connectivity index (χ3v) is 3.95. The highest BCUT2D eigenvalue weighted by molar-refractivity contribution is 9.10. The molecule has 2 nitrogen and oxygen atoms in total. The van der Waals surface area contributed by atoms with Gasteiger partial charge in [-0.05, 0) is 43.7 Å². The van der Waals surface area contributed by atoms with E-state index < -0.39 is 0 Å². The Hall–Kier alpha value is -0.700. The first kappa shape index (κ1) is 12.7. The SMILES string of the molecule is COc1cc(Br)cc(NC2CCC(C)CC2)c1. The van der Waals surface area contributed by atoms with Gasteiger partial charge in [0.1, 0.15) is 5.75 Å². The maximum atomic E-state index is 5.27. The lowest BCUT2D eigenvalue weighted by Gasteiger charge is -2.27. The predicted octanol–water partition coefficient (Wildman–Crippen LogP) is 4.45. The van der Waals surface area contributed by atoms with Gasteiger partial charge in [0, 0.05) is 22.3 Å². The summed E-state index contributed by atoms with van der Waals surface area (Å²) >= 11 is 3.51. The summed E-state index contributed by atoms with van der Waals surface area (Å²) in [5.41, 5.74) is 1.15. The summed E-state index contributed by atoms with van der Waals surface area (Å²) in [7, 11) is 1.70. The molecule has 1 fully saturated rings. The third kappa shape index (κ3) is 3.63. The molecule has 1 aliphatic rings. The molecule has 3 heteroatoms. The van der Waals surface area contributed by atoms with E-state index in [0.29, 0.717) is 6.04 Å². The van der Waals surface area contributed by atoms with Gasteiger partial charge in [0.05, 0.1) is 7.11 Å². The fourth-order valence-corrected chi connectivity index (χ4v) is 2.88. The molecule has 17 heavy (non-hydrogen) atoms. The Balaban J connectivity index is 2.00. The molecule has 0 bridgehead atoms. The van der Waals surface area contributed by atoms with Crippen molar-refractivity contribution in [1.29, 1.82) is 0 Å². The number of nitrogens with one attached hydrogen (secondary N) is 1. The minimum atomic E-state index is 0.616. The molecular formula is C14H20BrNO. The minimum absolute atomic E-state index is 0.616. The van der Waals surface area contributed by atoms with E-state index in [1.54, 1.807) is 7.11 Å². The number of anilines is 1. The Bertz CT molecular complexity index is 372. The molecule has 2 rings (SSSR count). The van der Waals surface area contributed by atoms with Gasteiger partial charge in [-0.1, -0.05) is 22.9 Å². The maximum Gasteiger partial charge on any atom is 0.122 e. The predicted molar refractivity (Wildman–Crippen MR) is 75.7 cm³/mol. The highest BCUT2D eigenvalue weighted by Crippen LogP contribution is 2.29. The van der Waals surface area contributed by atoms with Crippen LogP contribution in [0.25, 0.3) is 0 Å². The van der Waals surface area contributed by atoms with E-state index in [2.05, 4.69) is 40.3 Å². The third-order valence-electron chi connectivity index (χ3n) is 3.49. The van der Waals surface area contributed by atoms with Crippen LogP contribution in [0.3, 0.4) is 0 Å². The topological polar surface area (TPSA) is 21.3 Å². The number of hydrogen-bond acceptors (Lipinski definition) is 2. The first-order chi connectivity index (χ1) is 8.17. The van der Waals surface area contributed by atoms with Gasteiger partial charge in [-0.15, -0.1) is 0 Å². The van der Waals surface area contributed by atoms with E-state index in [1.807, 2.05) is 6.07 Å². The molecule has 0 atom stereocenters. The van der Waals surface area contributed by atoms with Crippen LogP contribution < -0.4 is 10.1 Å². The first-order valence-corrected chi connectivity index (χ1v) is 7.08. The molecule has 0 saturated heterocycles. The van der Waals surface area contributed by atoms with Gasteiger partial charge in [0.15, 0.2) is 0 Å². The van der Waals surface area contributed by atoms with Crippen molar-refractivity contribution >= 4 is 21.6 Å². The number of halogens is 1. The molecule has 1 saturated carbocycles. The van der Waals surface area contributed by atoms with Crippen LogP contribution in [0.1, 0.15) is 32.6 Å². The van der Waals surface area contributed by atoms with Crippen molar-refractivity contribution in [3.63, 3.8) is 0 Å². The van der Waals surface area contributed by atoms with Crippen molar-refractivity contribution in [3.05, 3.63) is 22.7 Å². The maximum absolute atomic E-state index is 5.27. The Morgan fingerprint density at radius 2 is 1.88 bits per heavy atom. The first-order valence-electron chi connectivity index (χ1n) is 6.28. The van der Waals surface area contributed by atoms with Gasteiger partial charge < -0.3 is 10.1 Å². The van der Waals surface area contributed by atoms with Gasteiger partial charge in [-0.25, -0.2) is 0 Å². The van der Waals surface area contributed by atoms with Gasteiger partial charge in [-0.3, -0.25) is 0 Å². The lowest BCUT2D eigenvalue weighted by Crippen LogP contribution is -2.25. The molecule has 0 spiro atoms. The Morgan fingerprint density at radius 3 is 2.53 bits per heavy atom. The quantitative estimate of drug-likeness (QED) is 0.890. The Morgan fingerprint density at radius 1 is 1.18 bits per heavy atom. The Kier molecular flexibility index (Phi) is 4.32. The van der Waals surface area contributed by atoms with Crippen molar-refractivity contribution < 1.29 is 4.74 Å². The summed E-state index contributed by atoms with van der Waals surface area (Å²) in [4.78, 5) is 0. The van der Waals surface area contributed by atoms with Gasteiger partial charge >= 0.3 is 0 Å². The summed E-state index contributed by atoms with van der Waals surface area (Å²) in [6.45, 7) is 2.35. The van der Waals surface area contributed by atoms with Crippen molar-refractivity contribution in [1.82, 2.24) is 0 Å². The fourth-order valence-electron chi connectivity index (χ4n) is 2.40. The summed E-state index contributed by atoms with van der Waals surface area (Å²) in [6, 6.07) is 6.77. The Labute approximate surface area is 112 Å². The molecule has 1 aliphatic carbocycles. The molecule has 0 radical (unpaired) electrons. The normalized spacial score (nSPS) is 24.4. The highest BCUT2D eigenvalue weighted by atomic mass is 79.9. The average Bonchev–Trinajstić information content (AvgIpc) is 2.31.